The molecule has 1 aromatic rings. The smallest absolute Gasteiger partial charge is 0.228 e. The topological polar surface area (TPSA) is 41.1 Å². The monoisotopic (exact) mass is 304 g/mol. The molecule has 1 saturated carbocycles. The van der Waals surface area contributed by atoms with Crippen LogP contribution in [0.2, 0.25) is 0 Å². The fourth-order valence-corrected chi connectivity index (χ4v) is 4.41. The van der Waals surface area contributed by atoms with Gasteiger partial charge in [-0.2, -0.15) is 11.8 Å². The van der Waals surface area contributed by atoms with Crippen LogP contribution in [0.15, 0.2) is 24.3 Å². The van der Waals surface area contributed by atoms with E-state index in [1.807, 2.05) is 12.1 Å². The van der Waals surface area contributed by atoms with Gasteiger partial charge in [0, 0.05) is 23.2 Å². The third-order valence-corrected chi connectivity index (χ3v) is 5.86. The SMILES string of the molecule is O=C(Nc1cccc(CSC2CCCC2)c1)C1CCNC1. The van der Waals surface area contributed by atoms with E-state index in [2.05, 4.69) is 34.5 Å². The number of hydrogen-bond acceptors (Lipinski definition) is 3. The molecule has 114 valence electrons. The zero-order valence-corrected chi connectivity index (χ0v) is 13.3. The van der Waals surface area contributed by atoms with Crippen molar-refractivity contribution in [2.75, 3.05) is 18.4 Å². The average Bonchev–Trinajstić information content (AvgIpc) is 3.19. The maximum atomic E-state index is 12.1. The predicted molar refractivity (Wildman–Crippen MR) is 89.6 cm³/mol. The van der Waals surface area contributed by atoms with Crippen molar-refractivity contribution in [1.29, 1.82) is 0 Å². The number of thioether (sulfide) groups is 1. The van der Waals surface area contributed by atoms with Crippen molar-refractivity contribution in [2.24, 2.45) is 5.92 Å². The first-order valence-electron chi connectivity index (χ1n) is 8.03. The van der Waals surface area contributed by atoms with Gasteiger partial charge in [0.05, 0.1) is 5.92 Å². The summed E-state index contributed by atoms with van der Waals surface area (Å²) in [5.41, 5.74) is 2.26. The third-order valence-electron chi connectivity index (χ3n) is 4.41. The molecule has 0 radical (unpaired) electrons. The molecule has 1 aliphatic carbocycles. The van der Waals surface area contributed by atoms with E-state index < -0.39 is 0 Å². The van der Waals surface area contributed by atoms with Crippen molar-refractivity contribution in [3.8, 4) is 0 Å². The van der Waals surface area contributed by atoms with Gasteiger partial charge < -0.3 is 10.6 Å². The van der Waals surface area contributed by atoms with Gasteiger partial charge in [-0.3, -0.25) is 4.79 Å². The minimum atomic E-state index is 0.126. The van der Waals surface area contributed by atoms with Gasteiger partial charge >= 0.3 is 0 Å². The molecular formula is C17H24N2OS. The quantitative estimate of drug-likeness (QED) is 0.876. The Kier molecular flexibility index (Phi) is 5.20. The van der Waals surface area contributed by atoms with Crippen LogP contribution in [0.25, 0.3) is 0 Å². The van der Waals surface area contributed by atoms with Crippen molar-refractivity contribution in [3.05, 3.63) is 29.8 Å². The molecule has 2 aliphatic rings. The second kappa shape index (κ2) is 7.32. The molecule has 3 nitrogen and oxygen atoms in total. The van der Waals surface area contributed by atoms with E-state index in [4.69, 9.17) is 0 Å². The summed E-state index contributed by atoms with van der Waals surface area (Å²) >= 11 is 2.07. The highest BCUT2D eigenvalue weighted by Crippen LogP contribution is 2.31. The van der Waals surface area contributed by atoms with Crippen LogP contribution in [0.3, 0.4) is 0 Å². The second-order valence-electron chi connectivity index (χ2n) is 6.10. The number of hydrogen-bond donors (Lipinski definition) is 2. The van der Waals surface area contributed by atoms with Crippen LogP contribution in [-0.4, -0.2) is 24.2 Å². The highest BCUT2D eigenvalue weighted by atomic mass is 32.2. The van der Waals surface area contributed by atoms with Gasteiger partial charge in [-0.25, -0.2) is 0 Å². The molecule has 2 fully saturated rings. The molecule has 2 N–H and O–H groups in total. The molecule has 21 heavy (non-hydrogen) atoms. The Morgan fingerprint density at radius 3 is 2.90 bits per heavy atom. The van der Waals surface area contributed by atoms with Gasteiger partial charge in [0.25, 0.3) is 0 Å². The summed E-state index contributed by atoms with van der Waals surface area (Å²) in [6.07, 6.45) is 6.47. The van der Waals surface area contributed by atoms with Gasteiger partial charge in [-0.15, -0.1) is 0 Å². The van der Waals surface area contributed by atoms with Gasteiger partial charge in [-0.05, 0) is 43.5 Å². The Morgan fingerprint density at radius 1 is 1.29 bits per heavy atom. The molecule has 0 spiro atoms. The van der Waals surface area contributed by atoms with Gasteiger partial charge in [0.15, 0.2) is 0 Å². The number of amides is 1. The van der Waals surface area contributed by atoms with Crippen molar-refractivity contribution in [2.45, 2.75) is 43.1 Å². The lowest BCUT2D eigenvalue weighted by molar-refractivity contribution is -0.119. The summed E-state index contributed by atoms with van der Waals surface area (Å²) < 4.78 is 0. The number of carbonyl (C=O) groups excluding carboxylic acids is 1. The maximum absolute atomic E-state index is 12.1. The van der Waals surface area contributed by atoms with Gasteiger partial charge in [0.2, 0.25) is 5.91 Å². The number of benzene rings is 1. The molecule has 0 bridgehead atoms. The Labute approximate surface area is 131 Å². The largest absolute Gasteiger partial charge is 0.326 e. The lowest BCUT2D eigenvalue weighted by Gasteiger charge is -2.12. The second-order valence-corrected chi connectivity index (χ2v) is 7.39. The molecule has 1 atom stereocenters. The first-order chi connectivity index (χ1) is 10.3. The zero-order valence-electron chi connectivity index (χ0n) is 12.4. The van der Waals surface area contributed by atoms with E-state index in [0.717, 1.165) is 36.2 Å². The number of anilines is 1. The molecule has 1 aliphatic heterocycles. The third kappa shape index (κ3) is 4.24. The predicted octanol–water partition coefficient (Wildman–Crippen LogP) is 3.41. The number of carbonyl (C=O) groups is 1. The lowest BCUT2D eigenvalue weighted by atomic mass is 10.1. The van der Waals surface area contributed by atoms with Crippen molar-refractivity contribution in [1.82, 2.24) is 5.32 Å². The summed E-state index contributed by atoms with van der Waals surface area (Å²) in [7, 11) is 0. The van der Waals surface area contributed by atoms with E-state index in [0.29, 0.717) is 0 Å². The van der Waals surface area contributed by atoms with E-state index in [-0.39, 0.29) is 11.8 Å². The Morgan fingerprint density at radius 2 is 2.14 bits per heavy atom. The van der Waals surface area contributed by atoms with Crippen molar-refractivity contribution < 1.29 is 4.79 Å². The molecule has 0 aromatic heterocycles. The zero-order chi connectivity index (χ0) is 14.5. The molecule has 1 aromatic carbocycles. The summed E-state index contributed by atoms with van der Waals surface area (Å²) in [6.45, 7) is 1.76. The van der Waals surface area contributed by atoms with E-state index >= 15 is 0 Å². The van der Waals surface area contributed by atoms with Crippen LogP contribution < -0.4 is 10.6 Å². The molecule has 1 heterocycles. The number of rotatable bonds is 5. The molecule has 1 amide bonds. The fourth-order valence-electron chi connectivity index (χ4n) is 3.13. The van der Waals surface area contributed by atoms with Gasteiger partial charge in [0.1, 0.15) is 0 Å². The van der Waals surface area contributed by atoms with Crippen LogP contribution in [0, 0.1) is 5.92 Å². The minimum Gasteiger partial charge on any atom is -0.326 e. The summed E-state index contributed by atoms with van der Waals surface area (Å²) in [5.74, 6) is 1.33. The highest BCUT2D eigenvalue weighted by Gasteiger charge is 2.22. The first kappa shape index (κ1) is 14.9. The van der Waals surface area contributed by atoms with Crippen molar-refractivity contribution >= 4 is 23.4 Å². The molecule has 1 unspecified atom stereocenters. The van der Waals surface area contributed by atoms with E-state index in [9.17, 15) is 4.79 Å². The van der Waals surface area contributed by atoms with Crippen LogP contribution >= 0.6 is 11.8 Å². The summed E-state index contributed by atoms with van der Waals surface area (Å²) in [5, 5.41) is 7.14. The normalized spacial score (nSPS) is 22.6. The Hall–Kier alpha value is -1.00. The number of nitrogens with one attached hydrogen (secondary N) is 2. The fraction of sp³-hybridized carbons (Fsp3) is 0.588. The van der Waals surface area contributed by atoms with E-state index in [1.54, 1.807) is 0 Å². The summed E-state index contributed by atoms with van der Waals surface area (Å²) in [4.78, 5) is 12.1. The molecule has 1 saturated heterocycles. The van der Waals surface area contributed by atoms with Crippen LogP contribution in [0.1, 0.15) is 37.7 Å². The standard InChI is InChI=1S/C17H24N2OS/c20-17(14-8-9-18-11-14)19-15-5-3-4-13(10-15)12-21-16-6-1-2-7-16/h3-5,10,14,16,18H,1-2,6-9,11-12H2,(H,19,20). The molecule has 3 rings (SSSR count). The maximum Gasteiger partial charge on any atom is 0.228 e. The minimum absolute atomic E-state index is 0.126. The van der Waals surface area contributed by atoms with Crippen LogP contribution in [-0.2, 0) is 10.5 Å². The highest BCUT2D eigenvalue weighted by molar-refractivity contribution is 7.99. The van der Waals surface area contributed by atoms with E-state index in [1.165, 1.54) is 31.2 Å². The summed E-state index contributed by atoms with van der Waals surface area (Å²) in [6, 6.07) is 8.33. The Bertz CT molecular complexity index is 479. The molecular weight excluding hydrogens is 280 g/mol. The molecule has 4 heteroatoms. The van der Waals surface area contributed by atoms with Crippen LogP contribution in [0.4, 0.5) is 5.69 Å². The van der Waals surface area contributed by atoms with Crippen LogP contribution in [0.5, 0.6) is 0 Å². The van der Waals surface area contributed by atoms with Gasteiger partial charge in [-0.1, -0.05) is 25.0 Å². The Balaban J connectivity index is 1.53. The first-order valence-corrected chi connectivity index (χ1v) is 9.08. The average molecular weight is 304 g/mol. The lowest BCUT2D eigenvalue weighted by Crippen LogP contribution is -2.24. The van der Waals surface area contributed by atoms with Crippen molar-refractivity contribution in [3.63, 3.8) is 0 Å².